The van der Waals surface area contributed by atoms with Gasteiger partial charge in [-0.3, -0.25) is 0 Å². The van der Waals surface area contributed by atoms with E-state index in [2.05, 4.69) is 9.71 Å². The van der Waals surface area contributed by atoms with Crippen LogP contribution in [0.25, 0.3) is 0 Å². The summed E-state index contributed by atoms with van der Waals surface area (Å²) in [5.41, 5.74) is -1.23. The van der Waals surface area contributed by atoms with Gasteiger partial charge >= 0.3 is 6.02 Å². The molecule has 5 nitrogen and oxygen atoms in total. The van der Waals surface area contributed by atoms with Gasteiger partial charge in [0.1, 0.15) is 17.0 Å². The first-order chi connectivity index (χ1) is 10.4. The Labute approximate surface area is 130 Å². The first-order valence-electron chi connectivity index (χ1n) is 8.38. The van der Waals surface area contributed by atoms with Crippen molar-refractivity contribution in [1.82, 2.24) is 5.32 Å². The largest absolute Gasteiger partial charge is 0.460 e. The molecule has 1 aliphatic heterocycles. The van der Waals surface area contributed by atoms with E-state index in [0.29, 0.717) is 25.7 Å². The molecule has 4 saturated carbocycles. The summed E-state index contributed by atoms with van der Waals surface area (Å²) in [6, 6.07) is 0.149. The van der Waals surface area contributed by atoms with Crippen LogP contribution in [0, 0.1) is 0 Å². The van der Waals surface area contributed by atoms with Gasteiger partial charge in [0.15, 0.2) is 0 Å². The highest BCUT2D eigenvalue weighted by molar-refractivity contribution is 7.91. The van der Waals surface area contributed by atoms with Crippen molar-refractivity contribution in [3.05, 3.63) is 0 Å². The Balaban J connectivity index is 1.55. The highest BCUT2D eigenvalue weighted by atomic mass is 32.2. The fraction of sp³-hybridized carbons (Fsp3) is 0.933. The topological polar surface area (TPSA) is 67.8 Å². The number of sulfonamides is 1. The standard InChI is InChI=1S/C15H23FN2O3S/c16-14-5-8-15(9-6-14,10-7-14)17-13-18-22(19,20)12-4-2-1-3-11(12)21-13/h11-12H,1-10H2,(H,17,18)/t11-,12+,14?,15?/m1/s1. The lowest BCUT2D eigenvalue weighted by molar-refractivity contribution is -0.00505. The molecule has 4 fully saturated rings. The summed E-state index contributed by atoms with van der Waals surface area (Å²) in [6.45, 7) is 0. The molecule has 2 atom stereocenters. The summed E-state index contributed by atoms with van der Waals surface area (Å²) in [5, 5.41) is 2.76. The van der Waals surface area contributed by atoms with Crippen molar-refractivity contribution in [1.29, 1.82) is 0 Å². The normalized spacial score (nSPS) is 46.3. The maximum atomic E-state index is 14.2. The molecule has 1 heterocycles. The van der Waals surface area contributed by atoms with Crippen molar-refractivity contribution >= 4 is 16.0 Å². The van der Waals surface area contributed by atoms with E-state index < -0.39 is 20.9 Å². The number of halogens is 1. The van der Waals surface area contributed by atoms with E-state index in [9.17, 15) is 12.8 Å². The van der Waals surface area contributed by atoms with E-state index in [-0.39, 0.29) is 17.7 Å². The second kappa shape index (κ2) is 4.82. The van der Waals surface area contributed by atoms with Crippen molar-refractivity contribution in [2.45, 2.75) is 86.8 Å². The first-order valence-corrected chi connectivity index (χ1v) is 9.88. The third-order valence-corrected chi connectivity index (χ3v) is 7.75. The minimum atomic E-state index is -3.49. The summed E-state index contributed by atoms with van der Waals surface area (Å²) in [7, 11) is -3.49. The molecule has 5 aliphatic rings. The lowest BCUT2D eigenvalue weighted by Gasteiger charge is -2.50. The van der Waals surface area contributed by atoms with Crippen molar-refractivity contribution in [3.8, 4) is 0 Å². The van der Waals surface area contributed by atoms with E-state index in [1.54, 1.807) is 0 Å². The van der Waals surface area contributed by atoms with Gasteiger partial charge in [-0.05, 0) is 57.8 Å². The van der Waals surface area contributed by atoms with Crippen LogP contribution in [0.2, 0.25) is 0 Å². The first kappa shape index (κ1) is 14.7. The fourth-order valence-corrected chi connectivity index (χ4v) is 5.99. The van der Waals surface area contributed by atoms with E-state index >= 15 is 0 Å². The smallest absolute Gasteiger partial charge is 0.301 e. The lowest BCUT2D eigenvalue weighted by atomic mass is 9.64. The number of hydrogen-bond donors (Lipinski definition) is 1. The number of amidine groups is 1. The van der Waals surface area contributed by atoms with Gasteiger partial charge in [-0.25, -0.2) is 12.8 Å². The van der Waals surface area contributed by atoms with Gasteiger partial charge in [0, 0.05) is 5.54 Å². The number of rotatable bonds is 1. The number of alkyl halides is 1. The predicted molar refractivity (Wildman–Crippen MR) is 80.9 cm³/mol. The quantitative estimate of drug-likeness (QED) is 0.802. The zero-order valence-corrected chi connectivity index (χ0v) is 13.5. The number of ether oxygens (including phenoxy) is 1. The number of hydrogen-bond acceptors (Lipinski definition) is 4. The molecule has 0 aromatic carbocycles. The molecule has 124 valence electrons. The van der Waals surface area contributed by atoms with Gasteiger partial charge in [-0.2, -0.15) is 0 Å². The number of fused-ring (bicyclic) bond motifs is 4. The van der Waals surface area contributed by atoms with Crippen molar-refractivity contribution in [2.75, 3.05) is 0 Å². The van der Waals surface area contributed by atoms with Crippen LogP contribution in [0.5, 0.6) is 0 Å². The Morgan fingerprint density at radius 1 is 1.09 bits per heavy atom. The monoisotopic (exact) mass is 330 g/mol. The fourth-order valence-electron chi connectivity index (χ4n) is 4.49. The summed E-state index contributed by atoms with van der Waals surface area (Å²) in [6.07, 6.45) is 6.86. The predicted octanol–water partition coefficient (Wildman–Crippen LogP) is 2.42. The highest BCUT2D eigenvalue weighted by Crippen LogP contribution is 2.49. The van der Waals surface area contributed by atoms with Gasteiger partial charge in [-0.1, -0.05) is 6.42 Å². The van der Waals surface area contributed by atoms with Crippen molar-refractivity contribution in [3.63, 3.8) is 0 Å². The van der Waals surface area contributed by atoms with Crippen LogP contribution in [0.1, 0.15) is 64.2 Å². The van der Waals surface area contributed by atoms with Crippen LogP contribution in [0.15, 0.2) is 4.40 Å². The minimum absolute atomic E-state index is 0.149. The molecule has 4 aliphatic carbocycles. The lowest BCUT2D eigenvalue weighted by Crippen LogP contribution is -2.59. The van der Waals surface area contributed by atoms with E-state index in [1.165, 1.54) is 0 Å². The molecule has 22 heavy (non-hydrogen) atoms. The van der Waals surface area contributed by atoms with Gasteiger partial charge in [0.25, 0.3) is 10.0 Å². The Morgan fingerprint density at radius 2 is 1.73 bits per heavy atom. The molecule has 0 saturated heterocycles. The second-order valence-electron chi connectivity index (χ2n) is 7.45. The van der Waals surface area contributed by atoms with Crippen molar-refractivity contribution < 1.29 is 17.5 Å². The molecular weight excluding hydrogens is 307 g/mol. The third-order valence-electron chi connectivity index (χ3n) is 6.02. The van der Waals surface area contributed by atoms with Crippen LogP contribution in [0.4, 0.5) is 4.39 Å². The molecule has 0 unspecified atom stereocenters. The van der Waals surface area contributed by atoms with E-state index in [0.717, 1.165) is 38.5 Å². The molecule has 0 amide bonds. The van der Waals surface area contributed by atoms with Gasteiger partial charge < -0.3 is 10.1 Å². The van der Waals surface area contributed by atoms with Gasteiger partial charge in [0.05, 0.1) is 0 Å². The molecular formula is C15H23FN2O3S. The Hall–Kier alpha value is -0.850. The van der Waals surface area contributed by atoms with Crippen LogP contribution < -0.4 is 5.32 Å². The molecule has 7 heteroatoms. The number of nitrogens with zero attached hydrogens (tertiary/aromatic N) is 1. The maximum Gasteiger partial charge on any atom is 0.301 e. The van der Waals surface area contributed by atoms with E-state index in [1.807, 2.05) is 0 Å². The zero-order valence-electron chi connectivity index (χ0n) is 12.7. The molecule has 0 aromatic rings. The Morgan fingerprint density at radius 3 is 2.41 bits per heavy atom. The average Bonchev–Trinajstić information content (AvgIpc) is 2.48. The zero-order chi connectivity index (χ0) is 15.4. The van der Waals surface area contributed by atoms with Crippen LogP contribution in [-0.4, -0.2) is 37.0 Å². The third kappa shape index (κ3) is 2.41. The second-order valence-corrected chi connectivity index (χ2v) is 9.26. The summed E-state index contributed by atoms with van der Waals surface area (Å²) >= 11 is 0. The molecule has 5 rings (SSSR count). The van der Waals surface area contributed by atoms with E-state index in [4.69, 9.17) is 4.74 Å². The Bertz CT molecular complexity index is 579. The summed E-state index contributed by atoms with van der Waals surface area (Å²) < 4.78 is 48.7. The van der Waals surface area contributed by atoms with Crippen LogP contribution >= 0.6 is 0 Å². The molecule has 2 bridgehead atoms. The van der Waals surface area contributed by atoms with Gasteiger partial charge in [-0.15, -0.1) is 4.40 Å². The average molecular weight is 330 g/mol. The summed E-state index contributed by atoms with van der Waals surface area (Å²) in [4.78, 5) is 0. The van der Waals surface area contributed by atoms with Crippen LogP contribution in [-0.2, 0) is 14.8 Å². The Kier molecular flexibility index (Phi) is 3.23. The van der Waals surface area contributed by atoms with Crippen LogP contribution in [0.3, 0.4) is 0 Å². The SMILES string of the molecule is O=S1(=O)N=C(NC23CCC(F)(CC2)CC3)O[C@@H]2CCCC[C@@H]21. The maximum absolute atomic E-state index is 14.2. The van der Waals surface area contributed by atoms with Gasteiger partial charge in [0.2, 0.25) is 0 Å². The summed E-state index contributed by atoms with van der Waals surface area (Å²) in [5.74, 6) is 0. The molecule has 0 spiro atoms. The molecule has 0 radical (unpaired) electrons. The highest BCUT2D eigenvalue weighted by Gasteiger charge is 2.51. The minimum Gasteiger partial charge on any atom is -0.460 e. The van der Waals surface area contributed by atoms with Crippen molar-refractivity contribution in [2.24, 2.45) is 4.40 Å². The molecule has 0 aromatic heterocycles. The molecule has 1 N–H and O–H groups in total. The number of nitrogens with one attached hydrogen (secondary N) is 1.